The van der Waals surface area contributed by atoms with Gasteiger partial charge in [-0.15, -0.1) is 0 Å². The molecule has 0 aromatic rings. The van der Waals surface area contributed by atoms with Crippen molar-refractivity contribution in [2.45, 2.75) is 125 Å². The van der Waals surface area contributed by atoms with Gasteiger partial charge in [-0.3, -0.25) is 0 Å². The third-order valence-corrected chi connectivity index (χ3v) is 11.4. The van der Waals surface area contributed by atoms with Crippen molar-refractivity contribution in [2.24, 2.45) is 52.1 Å². The van der Waals surface area contributed by atoms with Crippen LogP contribution in [0.2, 0.25) is 0 Å². The van der Waals surface area contributed by atoms with Crippen LogP contribution in [0.3, 0.4) is 0 Å². The molecule has 7 unspecified atom stereocenters. The lowest BCUT2D eigenvalue weighted by molar-refractivity contribution is 0.247. The van der Waals surface area contributed by atoms with Crippen LogP contribution in [-0.2, 0) is 0 Å². The summed E-state index contributed by atoms with van der Waals surface area (Å²) in [5.74, 6) is 4.07. The molecule has 5 N–H and O–H groups in total. The Kier molecular flexibility index (Phi) is 11.2. The van der Waals surface area contributed by atoms with Crippen LogP contribution in [0, 0.1) is 46.3 Å². The number of nitrogens with one attached hydrogen (secondary N) is 3. The third-order valence-electron chi connectivity index (χ3n) is 11.4. The van der Waals surface area contributed by atoms with Gasteiger partial charge in [0.2, 0.25) is 0 Å². The molecule has 43 heavy (non-hydrogen) atoms. The molecule has 3 aliphatic carbocycles. The summed E-state index contributed by atoms with van der Waals surface area (Å²) in [6.45, 7) is 45.1. The highest BCUT2D eigenvalue weighted by atomic mass is 15.1. The smallest absolute Gasteiger partial charge is 0.0919 e. The maximum atomic E-state index is 6.18. The highest BCUT2D eigenvalue weighted by Gasteiger charge is 2.68. The van der Waals surface area contributed by atoms with Crippen LogP contribution in [0.15, 0.2) is 73.4 Å². The minimum atomic E-state index is -0.0362. The number of rotatable bonds is 18. The molecule has 0 saturated heterocycles. The number of hydrogen-bond acceptors (Lipinski definition) is 4. The van der Waals surface area contributed by atoms with Crippen molar-refractivity contribution in [3.8, 4) is 0 Å². The minimum Gasteiger partial charge on any atom is -0.399 e. The first-order valence-electron chi connectivity index (χ1n) is 17.1. The summed E-state index contributed by atoms with van der Waals surface area (Å²) in [6.07, 6.45) is 9.24. The molecule has 0 bridgehead atoms. The Balaban J connectivity index is 1.79. The van der Waals surface area contributed by atoms with E-state index in [4.69, 9.17) is 18.9 Å². The molecule has 0 aromatic heterocycles. The van der Waals surface area contributed by atoms with Gasteiger partial charge in [-0.2, -0.15) is 0 Å². The molecule has 3 rings (SSSR count). The Morgan fingerprint density at radius 1 is 0.977 bits per heavy atom. The van der Waals surface area contributed by atoms with Crippen LogP contribution in [-0.4, -0.2) is 18.1 Å². The van der Waals surface area contributed by atoms with Crippen LogP contribution in [0.1, 0.15) is 107 Å². The summed E-state index contributed by atoms with van der Waals surface area (Å²) in [4.78, 5) is 0. The van der Waals surface area contributed by atoms with Crippen molar-refractivity contribution in [3.63, 3.8) is 0 Å². The maximum absolute atomic E-state index is 6.18. The van der Waals surface area contributed by atoms with Gasteiger partial charge in [0, 0.05) is 23.4 Å². The molecule has 3 fully saturated rings. The molecule has 0 radical (unpaired) electrons. The van der Waals surface area contributed by atoms with E-state index in [1.165, 1.54) is 30.4 Å². The van der Waals surface area contributed by atoms with E-state index in [9.17, 15) is 0 Å². The second-order valence-corrected chi connectivity index (χ2v) is 16.3. The predicted octanol–water partition coefficient (Wildman–Crippen LogP) is 8.98. The lowest BCUT2D eigenvalue weighted by atomic mass is 9.71. The van der Waals surface area contributed by atoms with Crippen molar-refractivity contribution in [1.82, 2.24) is 16.0 Å². The van der Waals surface area contributed by atoms with Gasteiger partial charge in [0.25, 0.3) is 0 Å². The highest BCUT2D eigenvalue weighted by Crippen LogP contribution is 2.72. The van der Waals surface area contributed by atoms with Crippen LogP contribution in [0.5, 0.6) is 0 Å². The highest BCUT2D eigenvalue weighted by molar-refractivity contribution is 5.33. The summed E-state index contributed by atoms with van der Waals surface area (Å²) in [5.41, 5.74) is 11.6. The van der Waals surface area contributed by atoms with Crippen molar-refractivity contribution in [2.75, 3.05) is 0 Å². The number of allylic oxidation sites excluding steroid dienone is 2. The van der Waals surface area contributed by atoms with E-state index in [-0.39, 0.29) is 17.5 Å². The maximum Gasteiger partial charge on any atom is 0.0919 e. The van der Waals surface area contributed by atoms with Crippen molar-refractivity contribution in [1.29, 1.82) is 0 Å². The van der Waals surface area contributed by atoms with Crippen LogP contribution in [0.25, 0.3) is 0 Å². The molecule has 242 valence electrons. The molecule has 0 spiro atoms. The number of fused-ring (bicyclic) bond motifs is 1. The van der Waals surface area contributed by atoms with Crippen molar-refractivity contribution < 1.29 is 0 Å². The number of nitrogens with two attached hydrogens (primary N) is 1. The normalized spacial score (nSPS) is 26.3. The molecule has 7 atom stereocenters. The molecule has 3 saturated carbocycles. The Labute approximate surface area is 265 Å². The third kappa shape index (κ3) is 8.22. The average molecular weight is 591 g/mol. The Morgan fingerprint density at radius 2 is 1.60 bits per heavy atom. The van der Waals surface area contributed by atoms with Gasteiger partial charge < -0.3 is 21.7 Å². The quantitative estimate of drug-likeness (QED) is 0.0950. The molecule has 0 aromatic carbocycles. The standard InChI is InChI=1S/C39H66N4/c1-15-24(4)19-20-33(23(2)3)42-29(9)43-37(38(10,11)12)26(6)31-22-32-36(39(32,13)14)35(31)28(8)41-34(25(5)27(7)40)21-30-17-16-18-30/h23,30-37,41-43H,4-9,15-22,40H2,1-3,10-14H3. The molecule has 4 heteroatoms. The van der Waals surface area contributed by atoms with E-state index in [1.807, 2.05) is 0 Å². The zero-order valence-corrected chi connectivity index (χ0v) is 29.2. The molecule has 3 aliphatic rings. The molecule has 0 heterocycles. The SMILES string of the molecule is C=C(CC)CCC(NC(=C)NC(C(=C)C1CC2C(C1C(=C)NC(CC1CCC1)C(=C)C(=C)N)C2(C)C)C(C)(C)C)C(C)C. The fourth-order valence-electron chi connectivity index (χ4n) is 7.98. The van der Waals surface area contributed by atoms with E-state index in [2.05, 4.69) is 97.7 Å². The van der Waals surface area contributed by atoms with Crippen LogP contribution in [0.4, 0.5) is 0 Å². The molecule has 0 amide bonds. The summed E-state index contributed by atoms with van der Waals surface area (Å²) in [5, 5.41) is 11.4. The Morgan fingerprint density at radius 3 is 2.09 bits per heavy atom. The predicted molar refractivity (Wildman–Crippen MR) is 188 cm³/mol. The fourth-order valence-corrected chi connectivity index (χ4v) is 7.98. The summed E-state index contributed by atoms with van der Waals surface area (Å²) >= 11 is 0. The van der Waals surface area contributed by atoms with E-state index < -0.39 is 0 Å². The average Bonchev–Trinajstić information content (AvgIpc) is 3.21. The molecular weight excluding hydrogens is 524 g/mol. The zero-order chi connectivity index (χ0) is 32.4. The molecular formula is C39H66N4. The van der Waals surface area contributed by atoms with Crippen LogP contribution >= 0.6 is 0 Å². The van der Waals surface area contributed by atoms with Gasteiger partial charge in [0.1, 0.15) is 0 Å². The van der Waals surface area contributed by atoms with Gasteiger partial charge in [-0.25, -0.2) is 0 Å². The van der Waals surface area contributed by atoms with E-state index in [0.717, 1.165) is 55.1 Å². The number of hydrogen-bond donors (Lipinski definition) is 4. The van der Waals surface area contributed by atoms with E-state index in [1.54, 1.807) is 0 Å². The van der Waals surface area contributed by atoms with Gasteiger partial charge in [-0.05, 0) is 78.1 Å². The van der Waals surface area contributed by atoms with Gasteiger partial charge >= 0.3 is 0 Å². The first-order valence-corrected chi connectivity index (χ1v) is 17.1. The van der Waals surface area contributed by atoms with Crippen molar-refractivity contribution in [3.05, 3.63) is 73.4 Å². The van der Waals surface area contributed by atoms with Crippen LogP contribution < -0.4 is 21.7 Å². The lowest BCUT2D eigenvalue weighted by Crippen LogP contribution is -2.48. The van der Waals surface area contributed by atoms with Gasteiger partial charge in [0.05, 0.1) is 17.9 Å². The summed E-state index contributed by atoms with van der Waals surface area (Å²) in [7, 11) is 0. The first-order chi connectivity index (χ1) is 19.9. The molecule has 0 aliphatic heterocycles. The Bertz CT molecular complexity index is 1080. The van der Waals surface area contributed by atoms with E-state index in [0.29, 0.717) is 46.7 Å². The first kappa shape index (κ1) is 35.1. The van der Waals surface area contributed by atoms with Gasteiger partial charge in [-0.1, -0.05) is 125 Å². The monoisotopic (exact) mass is 591 g/mol. The zero-order valence-electron chi connectivity index (χ0n) is 29.2. The van der Waals surface area contributed by atoms with Crippen molar-refractivity contribution >= 4 is 0 Å². The second-order valence-electron chi connectivity index (χ2n) is 16.3. The van der Waals surface area contributed by atoms with E-state index >= 15 is 0 Å². The summed E-state index contributed by atoms with van der Waals surface area (Å²) < 4.78 is 0. The molecule has 4 nitrogen and oxygen atoms in total. The second kappa shape index (κ2) is 13.7. The van der Waals surface area contributed by atoms with Gasteiger partial charge in [0.15, 0.2) is 0 Å². The fraction of sp³-hybridized carbons (Fsp3) is 0.692. The lowest BCUT2D eigenvalue weighted by Gasteiger charge is -2.41. The topological polar surface area (TPSA) is 62.1 Å². The minimum absolute atomic E-state index is 0.0362. The Hall–Kier alpha value is -2.36. The largest absolute Gasteiger partial charge is 0.399 e. The summed E-state index contributed by atoms with van der Waals surface area (Å²) in [6, 6.07) is 0.505.